The quantitative estimate of drug-likeness (QED) is 0.192. The highest BCUT2D eigenvalue weighted by Crippen LogP contribution is 1.85. The fraction of sp³-hybridized carbons (Fsp3) is 0.667. The van der Waals surface area contributed by atoms with Crippen molar-refractivity contribution in [2.45, 2.75) is 13.8 Å². The minimum Gasteiger partial charge on any atom is -0.436 e. The summed E-state index contributed by atoms with van der Waals surface area (Å²) in [6, 6.07) is 0. The van der Waals surface area contributed by atoms with Gasteiger partial charge in [0.25, 0.3) is 0 Å². The second kappa shape index (κ2) is 7.47. The number of ether oxygens (including phenoxy) is 2. The maximum Gasteiger partial charge on any atom is 0.304 e. The summed E-state index contributed by atoms with van der Waals surface area (Å²) in [5.74, 6) is -1.02. The SMILES string of the molecule is CC(=O)OCOOOCOC(C)=O. The van der Waals surface area contributed by atoms with E-state index in [1.165, 1.54) is 13.8 Å². The van der Waals surface area contributed by atoms with Crippen molar-refractivity contribution in [3.05, 3.63) is 0 Å². The maximum absolute atomic E-state index is 10.2. The summed E-state index contributed by atoms with van der Waals surface area (Å²) in [5, 5.41) is 3.98. The number of rotatable bonds is 6. The van der Waals surface area contributed by atoms with Gasteiger partial charge in [-0.1, -0.05) is 5.04 Å². The summed E-state index contributed by atoms with van der Waals surface area (Å²) in [7, 11) is 0. The highest BCUT2D eigenvalue weighted by atomic mass is 17.5. The van der Waals surface area contributed by atoms with Gasteiger partial charge in [0.2, 0.25) is 13.6 Å². The molecule has 0 fully saturated rings. The van der Waals surface area contributed by atoms with Crippen LogP contribution in [0.25, 0.3) is 0 Å². The molecule has 0 aliphatic rings. The van der Waals surface area contributed by atoms with Crippen LogP contribution < -0.4 is 0 Å². The van der Waals surface area contributed by atoms with Gasteiger partial charge in [0, 0.05) is 13.8 Å². The largest absolute Gasteiger partial charge is 0.436 e. The maximum atomic E-state index is 10.2. The first-order valence-electron chi connectivity index (χ1n) is 3.30. The van der Waals surface area contributed by atoms with Gasteiger partial charge in [0.15, 0.2) is 0 Å². The molecule has 0 N–H and O–H groups in total. The Morgan fingerprint density at radius 1 is 0.923 bits per heavy atom. The Morgan fingerprint density at radius 2 is 1.31 bits per heavy atom. The predicted octanol–water partition coefficient (Wildman–Crippen LogP) is -0.0926. The van der Waals surface area contributed by atoms with Gasteiger partial charge in [-0.15, -0.1) is 0 Å². The first kappa shape index (κ1) is 11.8. The number of hydrogen-bond acceptors (Lipinski definition) is 7. The molecule has 0 unspecified atom stereocenters. The molecule has 0 saturated carbocycles. The van der Waals surface area contributed by atoms with E-state index in [-0.39, 0.29) is 0 Å². The Hall–Kier alpha value is -1.18. The third-order valence-corrected chi connectivity index (χ3v) is 0.717. The first-order valence-corrected chi connectivity index (χ1v) is 3.30. The fourth-order valence-corrected chi connectivity index (χ4v) is 0.287. The van der Waals surface area contributed by atoms with Crippen molar-refractivity contribution in [1.29, 1.82) is 0 Å². The number of carbonyl (C=O) groups excluding carboxylic acids is 2. The highest BCUT2D eigenvalue weighted by Gasteiger charge is 1.95. The van der Waals surface area contributed by atoms with Crippen molar-refractivity contribution in [3.63, 3.8) is 0 Å². The fourth-order valence-electron chi connectivity index (χ4n) is 0.287. The second-order valence-corrected chi connectivity index (χ2v) is 1.81. The van der Waals surface area contributed by atoms with Crippen LogP contribution in [0.1, 0.15) is 13.8 Å². The van der Waals surface area contributed by atoms with Gasteiger partial charge < -0.3 is 9.47 Å². The van der Waals surface area contributed by atoms with Gasteiger partial charge in [0.05, 0.1) is 0 Å². The van der Waals surface area contributed by atoms with Crippen molar-refractivity contribution >= 4 is 11.9 Å². The smallest absolute Gasteiger partial charge is 0.304 e. The molecule has 0 atom stereocenters. The molecule has 0 amide bonds. The Morgan fingerprint density at radius 3 is 1.62 bits per heavy atom. The molecular weight excluding hydrogens is 184 g/mol. The van der Waals surface area contributed by atoms with Gasteiger partial charge in [-0.25, -0.2) is 0 Å². The molecule has 76 valence electrons. The minimum atomic E-state index is -0.511. The van der Waals surface area contributed by atoms with Crippen molar-refractivity contribution in [3.8, 4) is 0 Å². The molecule has 0 rings (SSSR count). The van der Waals surface area contributed by atoms with Gasteiger partial charge in [0.1, 0.15) is 0 Å². The number of carbonyl (C=O) groups is 2. The molecule has 0 saturated heterocycles. The minimum absolute atomic E-state index is 0.393. The lowest BCUT2D eigenvalue weighted by Gasteiger charge is -2.02. The van der Waals surface area contributed by atoms with Crippen LogP contribution in [0.15, 0.2) is 0 Å². The third kappa shape index (κ3) is 10.8. The zero-order chi connectivity index (χ0) is 10.1. The van der Waals surface area contributed by atoms with Crippen molar-refractivity contribution in [2.24, 2.45) is 0 Å². The van der Waals surface area contributed by atoms with Gasteiger partial charge >= 0.3 is 11.9 Å². The molecule has 0 radical (unpaired) electrons. The van der Waals surface area contributed by atoms with Gasteiger partial charge in [-0.2, -0.15) is 9.78 Å². The first-order chi connectivity index (χ1) is 6.13. The van der Waals surface area contributed by atoms with Crippen LogP contribution in [0.2, 0.25) is 0 Å². The molecule has 0 aromatic rings. The topological polar surface area (TPSA) is 80.3 Å². The monoisotopic (exact) mass is 194 g/mol. The molecule has 0 bridgehead atoms. The third-order valence-electron chi connectivity index (χ3n) is 0.717. The summed E-state index contributed by atoms with van der Waals surface area (Å²) in [6.45, 7) is 1.64. The van der Waals surface area contributed by atoms with E-state index in [0.29, 0.717) is 0 Å². The average molecular weight is 194 g/mol. The zero-order valence-corrected chi connectivity index (χ0v) is 7.27. The van der Waals surface area contributed by atoms with Crippen LogP contribution in [0.4, 0.5) is 0 Å². The highest BCUT2D eigenvalue weighted by molar-refractivity contribution is 5.65. The van der Waals surface area contributed by atoms with Gasteiger partial charge in [-0.05, 0) is 0 Å². The summed E-state index contributed by atoms with van der Waals surface area (Å²) in [4.78, 5) is 28.6. The van der Waals surface area contributed by atoms with E-state index in [9.17, 15) is 9.59 Å². The predicted molar refractivity (Wildman–Crippen MR) is 36.5 cm³/mol. The molecule has 0 spiro atoms. The Labute approximate surface area is 74.3 Å². The zero-order valence-electron chi connectivity index (χ0n) is 7.27. The molecule has 7 heteroatoms. The summed E-state index contributed by atoms with van der Waals surface area (Å²) < 4.78 is 8.59. The van der Waals surface area contributed by atoms with Crippen LogP contribution in [0, 0.1) is 0 Å². The molecule has 0 aromatic carbocycles. The van der Waals surface area contributed by atoms with Crippen molar-refractivity contribution in [2.75, 3.05) is 13.6 Å². The lowest BCUT2D eigenvalue weighted by molar-refractivity contribution is -0.536. The standard InChI is InChI=1S/C6H10O7/c1-5(7)9-3-11-13-12-4-10-6(2)8/h3-4H2,1-2H3. The Balaban J connectivity index is 3.00. The van der Waals surface area contributed by atoms with Crippen LogP contribution in [-0.4, -0.2) is 25.5 Å². The molecule has 7 nitrogen and oxygen atoms in total. The lowest BCUT2D eigenvalue weighted by Crippen LogP contribution is -2.08. The molecule has 0 aliphatic heterocycles. The lowest BCUT2D eigenvalue weighted by atomic mass is 10.8. The molecule has 0 heterocycles. The number of hydrogen-bond donors (Lipinski definition) is 0. The van der Waals surface area contributed by atoms with E-state index >= 15 is 0 Å². The molecule has 13 heavy (non-hydrogen) atoms. The van der Waals surface area contributed by atoms with Crippen molar-refractivity contribution in [1.82, 2.24) is 0 Å². The van der Waals surface area contributed by atoms with E-state index in [1.54, 1.807) is 0 Å². The van der Waals surface area contributed by atoms with E-state index in [1.807, 2.05) is 0 Å². The van der Waals surface area contributed by atoms with E-state index < -0.39 is 25.5 Å². The second-order valence-electron chi connectivity index (χ2n) is 1.81. The summed E-state index contributed by atoms with van der Waals surface area (Å²) in [6.07, 6.45) is 0. The molecule has 0 aliphatic carbocycles. The van der Waals surface area contributed by atoms with Crippen molar-refractivity contribution < 1.29 is 33.9 Å². The Kier molecular flexibility index (Phi) is 6.79. The van der Waals surface area contributed by atoms with E-state index in [4.69, 9.17) is 0 Å². The van der Waals surface area contributed by atoms with Crippen LogP contribution in [0.3, 0.4) is 0 Å². The average Bonchev–Trinajstić information content (AvgIpc) is 2.01. The van der Waals surface area contributed by atoms with Gasteiger partial charge in [-0.3, -0.25) is 9.59 Å². The molecular formula is C6H10O7. The number of esters is 2. The normalized spacial score (nSPS) is 9.38. The van der Waals surface area contributed by atoms with Crippen LogP contribution in [-0.2, 0) is 33.9 Å². The van der Waals surface area contributed by atoms with E-state index in [2.05, 4.69) is 24.3 Å². The van der Waals surface area contributed by atoms with E-state index in [0.717, 1.165) is 0 Å². The molecule has 0 aromatic heterocycles. The summed E-state index contributed by atoms with van der Waals surface area (Å²) >= 11 is 0. The Bertz CT molecular complexity index is 148. The van der Waals surface area contributed by atoms with Crippen LogP contribution in [0.5, 0.6) is 0 Å². The summed E-state index contributed by atoms with van der Waals surface area (Å²) in [5.41, 5.74) is 0. The van der Waals surface area contributed by atoms with Crippen LogP contribution >= 0.6 is 0 Å².